The minimum atomic E-state index is -3.67. The molecular formula is C19H23N3O8S. The van der Waals surface area contributed by atoms with E-state index >= 15 is 0 Å². The minimum Gasteiger partial charge on any atom is -0.481 e. The molecule has 0 spiro atoms. The molecule has 1 aromatic carbocycles. The fourth-order valence-electron chi connectivity index (χ4n) is 3.97. The van der Waals surface area contributed by atoms with Crippen molar-refractivity contribution in [2.24, 2.45) is 5.92 Å². The molecule has 2 unspecified atom stereocenters. The highest BCUT2D eigenvalue weighted by molar-refractivity contribution is 7.89. The number of sulfonamides is 1. The molecule has 4 N–H and O–H groups in total. The van der Waals surface area contributed by atoms with Gasteiger partial charge < -0.3 is 20.8 Å². The summed E-state index contributed by atoms with van der Waals surface area (Å²) in [6.07, 6.45) is -0.453. The third-order valence-electron chi connectivity index (χ3n) is 5.53. The van der Waals surface area contributed by atoms with Crippen LogP contribution in [0.3, 0.4) is 0 Å². The van der Waals surface area contributed by atoms with Gasteiger partial charge in [0, 0.05) is 13.0 Å². The van der Waals surface area contributed by atoms with Crippen molar-refractivity contribution >= 4 is 33.8 Å². The predicted octanol–water partition coefficient (Wildman–Crippen LogP) is -0.309. The molecule has 0 aliphatic carbocycles. The molecule has 11 nitrogen and oxygen atoms in total. The van der Waals surface area contributed by atoms with E-state index in [1.165, 1.54) is 17.3 Å². The van der Waals surface area contributed by atoms with E-state index in [-0.39, 0.29) is 24.3 Å². The topological polar surface area (TPSA) is 170 Å². The van der Waals surface area contributed by atoms with Crippen LogP contribution in [-0.4, -0.2) is 65.3 Å². The summed E-state index contributed by atoms with van der Waals surface area (Å²) in [4.78, 5) is 47.3. The Hall–Kier alpha value is -2.99. The van der Waals surface area contributed by atoms with Gasteiger partial charge in [-0.3, -0.25) is 14.4 Å². The SMILES string of the molecule is C[C@H](NC(=O)C1CCN2C1c1ccccc1S2(=O)=O)C(=O)N[C@H](CCC(=O)O)C(=O)O. The normalized spacial score (nSPS) is 23.3. The lowest BCUT2D eigenvalue weighted by Gasteiger charge is -2.22. The molecule has 1 aromatic rings. The van der Waals surface area contributed by atoms with Gasteiger partial charge in [0.2, 0.25) is 21.8 Å². The molecule has 1 fully saturated rings. The van der Waals surface area contributed by atoms with Crippen molar-refractivity contribution in [3.8, 4) is 0 Å². The predicted molar refractivity (Wildman–Crippen MR) is 105 cm³/mol. The maximum atomic E-state index is 12.9. The van der Waals surface area contributed by atoms with Crippen LogP contribution in [0.15, 0.2) is 29.2 Å². The zero-order chi connectivity index (χ0) is 22.9. The zero-order valence-electron chi connectivity index (χ0n) is 16.6. The number of rotatable bonds is 8. The third kappa shape index (κ3) is 4.39. The lowest BCUT2D eigenvalue weighted by Crippen LogP contribution is -2.51. The molecule has 2 amide bonds. The number of carboxylic acid groups (broad SMARTS) is 2. The van der Waals surface area contributed by atoms with Gasteiger partial charge in [-0.2, -0.15) is 4.31 Å². The van der Waals surface area contributed by atoms with Gasteiger partial charge in [-0.25, -0.2) is 13.2 Å². The Kier molecular flexibility index (Phi) is 6.32. The van der Waals surface area contributed by atoms with Crippen LogP contribution < -0.4 is 10.6 Å². The van der Waals surface area contributed by atoms with Gasteiger partial charge in [0.15, 0.2) is 0 Å². The summed E-state index contributed by atoms with van der Waals surface area (Å²) >= 11 is 0. The van der Waals surface area contributed by atoms with Crippen molar-refractivity contribution in [1.29, 1.82) is 0 Å². The standard InChI is InChI=1S/C19H23N3O8S/c1-10(17(25)21-13(19(27)28)6-7-15(23)24)20-18(26)12-8-9-22-16(12)11-4-2-3-5-14(11)31(22,29)30/h2-5,10,12-13,16H,6-9H2,1H3,(H,20,26)(H,21,25)(H,23,24)(H,27,28)/t10-,12?,13+,16?/m0/s1. The number of aliphatic carboxylic acids is 2. The summed E-state index contributed by atoms with van der Waals surface area (Å²) in [7, 11) is -3.67. The second kappa shape index (κ2) is 8.63. The van der Waals surface area contributed by atoms with Gasteiger partial charge in [-0.15, -0.1) is 0 Å². The van der Waals surface area contributed by atoms with Crippen LogP contribution in [0.2, 0.25) is 0 Å². The Bertz CT molecular complexity index is 1020. The summed E-state index contributed by atoms with van der Waals surface area (Å²) in [5.74, 6) is -4.57. The second-order valence-corrected chi connectivity index (χ2v) is 9.41. The van der Waals surface area contributed by atoms with Crippen molar-refractivity contribution < 1.29 is 37.8 Å². The number of hydrogen-bond acceptors (Lipinski definition) is 6. The molecule has 2 aliphatic heterocycles. The van der Waals surface area contributed by atoms with E-state index in [0.29, 0.717) is 5.56 Å². The van der Waals surface area contributed by atoms with Crippen LogP contribution in [0.4, 0.5) is 0 Å². The zero-order valence-corrected chi connectivity index (χ0v) is 17.5. The molecular weight excluding hydrogens is 430 g/mol. The maximum Gasteiger partial charge on any atom is 0.326 e. The van der Waals surface area contributed by atoms with Crippen molar-refractivity contribution in [2.45, 2.75) is 49.2 Å². The quantitative estimate of drug-likeness (QED) is 0.415. The number of carbonyl (C=O) groups excluding carboxylic acids is 2. The van der Waals surface area contributed by atoms with E-state index in [1.807, 2.05) is 0 Å². The number of carboxylic acids is 2. The lowest BCUT2D eigenvalue weighted by atomic mass is 9.93. The van der Waals surface area contributed by atoms with Crippen LogP contribution in [-0.2, 0) is 29.2 Å². The molecule has 4 atom stereocenters. The highest BCUT2D eigenvalue weighted by Gasteiger charge is 2.52. The maximum absolute atomic E-state index is 12.9. The Morgan fingerprint density at radius 1 is 1.16 bits per heavy atom. The first-order valence-electron chi connectivity index (χ1n) is 9.70. The average molecular weight is 453 g/mol. The van der Waals surface area contributed by atoms with E-state index in [0.717, 1.165) is 0 Å². The number of carbonyl (C=O) groups is 4. The largest absolute Gasteiger partial charge is 0.481 e. The number of benzene rings is 1. The van der Waals surface area contributed by atoms with E-state index in [4.69, 9.17) is 10.2 Å². The molecule has 0 saturated carbocycles. The monoisotopic (exact) mass is 453 g/mol. The Morgan fingerprint density at radius 2 is 1.84 bits per heavy atom. The van der Waals surface area contributed by atoms with Crippen molar-refractivity contribution in [2.75, 3.05) is 6.54 Å². The van der Waals surface area contributed by atoms with Crippen molar-refractivity contribution in [3.63, 3.8) is 0 Å². The van der Waals surface area contributed by atoms with E-state index < -0.39 is 64.2 Å². The van der Waals surface area contributed by atoms with Crippen LogP contribution in [0.5, 0.6) is 0 Å². The first-order chi connectivity index (χ1) is 14.5. The van der Waals surface area contributed by atoms with Crippen LogP contribution >= 0.6 is 0 Å². The summed E-state index contributed by atoms with van der Waals surface area (Å²) < 4.78 is 26.7. The first-order valence-corrected chi connectivity index (χ1v) is 11.1. The van der Waals surface area contributed by atoms with E-state index in [1.54, 1.807) is 18.2 Å². The molecule has 2 heterocycles. The van der Waals surface area contributed by atoms with Crippen LogP contribution in [0, 0.1) is 5.92 Å². The number of nitrogens with one attached hydrogen (secondary N) is 2. The number of hydrogen-bond donors (Lipinski definition) is 4. The van der Waals surface area contributed by atoms with Gasteiger partial charge in [0.05, 0.1) is 16.9 Å². The molecule has 12 heteroatoms. The van der Waals surface area contributed by atoms with Gasteiger partial charge in [-0.05, 0) is 31.4 Å². The van der Waals surface area contributed by atoms with E-state index in [2.05, 4.69) is 10.6 Å². The molecule has 2 aliphatic rings. The molecule has 0 radical (unpaired) electrons. The molecule has 0 aromatic heterocycles. The number of amides is 2. The highest BCUT2D eigenvalue weighted by atomic mass is 32.2. The highest BCUT2D eigenvalue weighted by Crippen LogP contribution is 2.48. The van der Waals surface area contributed by atoms with Crippen molar-refractivity contribution in [3.05, 3.63) is 29.8 Å². The van der Waals surface area contributed by atoms with Crippen molar-refractivity contribution in [1.82, 2.24) is 14.9 Å². The summed E-state index contributed by atoms with van der Waals surface area (Å²) in [6.45, 7) is 1.55. The summed E-state index contributed by atoms with van der Waals surface area (Å²) in [5.41, 5.74) is 0.539. The van der Waals surface area contributed by atoms with Gasteiger partial charge >= 0.3 is 11.9 Å². The minimum absolute atomic E-state index is 0.172. The second-order valence-electron chi connectivity index (χ2n) is 7.56. The molecule has 0 bridgehead atoms. The molecule has 31 heavy (non-hydrogen) atoms. The fraction of sp³-hybridized carbons (Fsp3) is 0.474. The first kappa shape index (κ1) is 22.7. The van der Waals surface area contributed by atoms with Gasteiger partial charge in [0.25, 0.3) is 0 Å². The Balaban J connectivity index is 1.67. The summed E-state index contributed by atoms with van der Waals surface area (Å²) in [5, 5.41) is 22.6. The van der Waals surface area contributed by atoms with Gasteiger partial charge in [-0.1, -0.05) is 18.2 Å². The fourth-order valence-corrected chi connectivity index (χ4v) is 5.87. The lowest BCUT2D eigenvalue weighted by molar-refractivity contribution is -0.143. The molecule has 1 saturated heterocycles. The number of fused-ring (bicyclic) bond motifs is 3. The van der Waals surface area contributed by atoms with E-state index in [9.17, 15) is 27.6 Å². The smallest absolute Gasteiger partial charge is 0.326 e. The summed E-state index contributed by atoms with van der Waals surface area (Å²) in [6, 6.07) is 3.32. The average Bonchev–Trinajstić information content (AvgIpc) is 3.24. The molecule has 3 rings (SSSR count). The Morgan fingerprint density at radius 3 is 2.48 bits per heavy atom. The van der Waals surface area contributed by atoms with Crippen LogP contribution in [0.25, 0.3) is 0 Å². The third-order valence-corrected chi connectivity index (χ3v) is 7.48. The van der Waals surface area contributed by atoms with Crippen LogP contribution in [0.1, 0.15) is 37.8 Å². The Labute approximate surface area is 178 Å². The van der Waals surface area contributed by atoms with Gasteiger partial charge in [0.1, 0.15) is 12.1 Å². The number of nitrogens with zero attached hydrogens (tertiary/aromatic N) is 1. The molecule has 168 valence electrons.